The summed E-state index contributed by atoms with van der Waals surface area (Å²) >= 11 is 0. The molecule has 2 aliphatic rings. The van der Waals surface area contributed by atoms with Crippen LogP contribution in [0.2, 0.25) is 0 Å². The first-order chi connectivity index (χ1) is 5.37. The zero-order valence-electron chi connectivity index (χ0n) is 6.45. The molecule has 1 unspecified atom stereocenters. The van der Waals surface area contributed by atoms with Gasteiger partial charge in [0, 0.05) is 18.0 Å². The van der Waals surface area contributed by atoms with Gasteiger partial charge in [0.15, 0.2) is 0 Å². The molecule has 4 heteroatoms. The van der Waals surface area contributed by atoms with Gasteiger partial charge in [-0.15, -0.1) is 0 Å². The van der Waals surface area contributed by atoms with Gasteiger partial charge in [0.2, 0.25) is 0 Å². The first-order valence-electron chi connectivity index (χ1n) is 4.09. The molecule has 60 valence electrons. The van der Waals surface area contributed by atoms with Crippen LogP contribution in [0.15, 0.2) is 5.11 Å². The minimum absolute atomic E-state index is 0.536. The Kier molecular flexibility index (Phi) is 1.51. The Labute approximate surface area is 65.6 Å². The summed E-state index contributed by atoms with van der Waals surface area (Å²) in [5.74, 6) is 0.610. The lowest BCUT2D eigenvalue weighted by molar-refractivity contribution is 0.407. The highest BCUT2D eigenvalue weighted by Crippen LogP contribution is 2.53. The summed E-state index contributed by atoms with van der Waals surface area (Å²) in [5.41, 5.74) is 8.69. The highest BCUT2D eigenvalue weighted by molar-refractivity contribution is 5.05. The molecule has 1 saturated heterocycles. The average molecular weight is 152 g/mol. The molecular weight excluding hydrogens is 140 g/mol. The van der Waals surface area contributed by atoms with E-state index in [1.807, 2.05) is 0 Å². The molecule has 2 fully saturated rings. The monoisotopic (exact) mass is 152 g/mol. The molecule has 0 amide bonds. The van der Waals surface area contributed by atoms with Crippen molar-refractivity contribution in [3.8, 4) is 0 Å². The van der Waals surface area contributed by atoms with E-state index in [0.29, 0.717) is 17.9 Å². The normalized spacial score (nSPS) is 31.8. The second kappa shape index (κ2) is 2.40. The maximum Gasteiger partial charge on any atom is 0.0304 e. The summed E-state index contributed by atoms with van der Waals surface area (Å²) in [6, 6.07) is 0. The summed E-state index contributed by atoms with van der Waals surface area (Å²) < 4.78 is 0. The molecule has 2 rings (SSSR count). The van der Waals surface area contributed by atoms with Crippen LogP contribution in [-0.4, -0.2) is 19.6 Å². The molecule has 0 aromatic heterocycles. The third kappa shape index (κ3) is 1.08. The molecule has 1 N–H and O–H groups in total. The van der Waals surface area contributed by atoms with Crippen molar-refractivity contribution in [1.82, 2.24) is 5.32 Å². The zero-order chi connectivity index (χ0) is 7.73. The van der Waals surface area contributed by atoms with E-state index in [1.54, 1.807) is 0 Å². The zero-order valence-corrected chi connectivity index (χ0v) is 6.45. The molecule has 1 atom stereocenters. The predicted octanol–water partition coefficient (Wildman–Crippen LogP) is 1.30. The van der Waals surface area contributed by atoms with E-state index in [-0.39, 0.29) is 0 Å². The van der Waals surface area contributed by atoms with Crippen LogP contribution >= 0.6 is 0 Å². The van der Waals surface area contributed by atoms with Gasteiger partial charge in [-0.2, -0.15) is 0 Å². The van der Waals surface area contributed by atoms with Gasteiger partial charge in [-0.1, -0.05) is 5.11 Å². The number of nitrogens with one attached hydrogen (secondary N) is 1. The first kappa shape index (κ1) is 6.95. The SMILES string of the molecule is [N-]=[N+]=NCC1CNCC12CC2. The van der Waals surface area contributed by atoms with Gasteiger partial charge in [0.25, 0.3) is 0 Å². The van der Waals surface area contributed by atoms with E-state index < -0.39 is 0 Å². The van der Waals surface area contributed by atoms with Crippen LogP contribution in [0, 0.1) is 11.3 Å². The fraction of sp³-hybridized carbons (Fsp3) is 1.00. The van der Waals surface area contributed by atoms with Gasteiger partial charge in [-0.05, 0) is 36.3 Å². The molecule has 0 aromatic rings. The highest BCUT2D eigenvalue weighted by atomic mass is 15.1. The maximum atomic E-state index is 8.16. The topological polar surface area (TPSA) is 60.8 Å². The van der Waals surface area contributed by atoms with Crippen molar-refractivity contribution in [1.29, 1.82) is 0 Å². The largest absolute Gasteiger partial charge is 0.316 e. The van der Waals surface area contributed by atoms with Crippen LogP contribution in [-0.2, 0) is 0 Å². The van der Waals surface area contributed by atoms with Gasteiger partial charge >= 0.3 is 0 Å². The van der Waals surface area contributed by atoms with Crippen molar-refractivity contribution >= 4 is 0 Å². The average Bonchev–Trinajstić information content (AvgIpc) is 2.64. The summed E-state index contributed by atoms with van der Waals surface area (Å²) in [5, 5.41) is 6.98. The van der Waals surface area contributed by atoms with E-state index in [0.717, 1.165) is 13.1 Å². The van der Waals surface area contributed by atoms with Crippen LogP contribution < -0.4 is 5.32 Å². The number of azide groups is 1. The minimum atomic E-state index is 0.536. The molecule has 0 bridgehead atoms. The molecule has 0 radical (unpaired) electrons. The lowest BCUT2D eigenvalue weighted by Gasteiger charge is -2.12. The summed E-state index contributed by atoms with van der Waals surface area (Å²) in [6.45, 7) is 2.86. The summed E-state index contributed by atoms with van der Waals surface area (Å²) in [6.07, 6.45) is 2.65. The second-order valence-electron chi connectivity index (χ2n) is 3.60. The number of hydrogen-bond donors (Lipinski definition) is 1. The molecule has 1 saturated carbocycles. The molecule has 1 aliphatic carbocycles. The quantitative estimate of drug-likeness (QED) is 0.362. The van der Waals surface area contributed by atoms with E-state index in [4.69, 9.17) is 5.53 Å². The lowest BCUT2D eigenvalue weighted by Crippen LogP contribution is -2.15. The Hall–Kier alpha value is -0.730. The van der Waals surface area contributed by atoms with Gasteiger partial charge in [-0.25, -0.2) is 0 Å². The van der Waals surface area contributed by atoms with Crippen molar-refractivity contribution in [3.05, 3.63) is 10.4 Å². The van der Waals surface area contributed by atoms with Crippen molar-refractivity contribution in [3.63, 3.8) is 0 Å². The third-order valence-corrected chi connectivity index (χ3v) is 2.99. The molecular formula is C7H12N4. The first-order valence-corrected chi connectivity index (χ1v) is 4.09. The Morgan fingerprint density at radius 1 is 1.64 bits per heavy atom. The number of rotatable bonds is 2. The highest BCUT2D eigenvalue weighted by Gasteiger charge is 2.51. The predicted molar refractivity (Wildman–Crippen MR) is 42.0 cm³/mol. The molecule has 1 aliphatic heterocycles. The van der Waals surface area contributed by atoms with E-state index in [2.05, 4.69) is 15.3 Å². The Morgan fingerprint density at radius 2 is 2.45 bits per heavy atom. The fourth-order valence-corrected chi connectivity index (χ4v) is 2.00. The van der Waals surface area contributed by atoms with Gasteiger partial charge in [0.1, 0.15) is 0 Å². The third-order valence-electron chi connectivity index (χ3n) is 2.99. The summed E-state index contributed by atoms with van der Waals surface area (Å²) in [4.78, 5) is 2.79. The van der Waals surface area contributed by atoms with E-state index in [9.17, 15) is 0 Å². The second-order valence-corrected chi connectivity index (χ2v) is 3.60. The van der Waals surface area contributed by atoms with Gasteiger partial charge < -0.3 is 5.32 Å². The van der Waals surface area contributed by atoms with E-state index >= 15 is 0 Å². The number of hydrogen-bond acceptors (Lipinski definition) is 2. The van der Waals surface area contributed by atoms with Crippen LogP contribution in [0.25, 0.3) is 10.4 Å². The van der Waals surface area contributed by atoms with Crippen molar-refractivity contribution < 1.29 is 0 Å². The van der Waals surface area contributed by atoms with Crippen molar-refractivity contribution in [2.75, 3.05) is 19.6 Å². The molecule has 1 heterocycles. The van der Waals surface area contributed by atoms with Crippen LogP contribution in [0.1, 0.15) is 12.8 Å². The lowest BCUT2D eigenvalue weighted by atomic mass is 9.93. The van der Waals surface area contributed by atoms with E-state index in [1.165, 1.54) is 12.8 Å². The Balaban J connectivity index is 1.97. The van der Waals surface area contributed by atoms with Gasteiger partial charge in [0.05, 0.1) is 0 Å². The molecule has 11 heavy (non-hydrogen) atoms. The molecule has 1 spiro atoms. The Morgan fingerprint density at radius 3 is 3.09 bits per heavy atom. The van der Waals surface area contributed by atoms with Crippen LogP contribution in [0.5, 0.6) is 0 Å². The van der Waals surface area contributed by atoms with Crippen molar-refractivity contribution in [2.24, 2.45) is 16.4 Å². The maximum absolute atomic E-state index is 8.16. The number of nitrogens with zero attached hydrogens (tertiary/aromatic N) is 3. The smallest absolute Gasteiger partial charge is 0.0304 e. The summed E-state index contributed by atoms with van der Waals surface area (Å²) in [7, 11) is 0. The van der Waals surface area contributed by atoms with Crippen LogP contribution in [0.3, 0.4) is 0 Å². The Bertz CT molecular complexity index is 202. The molecule has 4 nitrogen and oxygen atoms in total. The van der Waals surface area contributed by atoms with Gasteiger partial charge in [-0.3, -0.25) is 0 Å². The minimum Gasteiger partial charge on any atom is -0.316 e. The standard InChI is InChI=1S/C7H12N4/c8-11-10-4-6-3-9-5-7(6)1-2-7/h6,9H,1-5H2. The fourth-order valence-electron chi connectivity index (χ4n) is 2.00. The van der Waals surface area contributed by atoms with Crippen molar-refractivity contribution in [2.45, 2.75) is 12.8 Å². The molecule has 0 aromatic carbocycles. The van der Waals surface area contributed by atoms with Crippen LogP contribution in [0.4, 0.5) is 0 Å².